The molecule has 0 bridgehead atoms. The minimum atomic E-state index is -0.0643. The van der Waals surface area contributed by atoms with Crippen molar-refractivity contribution in [3.8, 4) is 0 Å². The van der Waals surface area contributed by atoms with Gasteiger partial charge in [-0.05, 0) is 25.1 Å². The van der Waals surface area contributed by atoms with E-state index in [-0.39, 0.29) is 5.91 Å². The Bertz CT molecular complexity index is 636. The highest BCUT2D eigenvalue weighted by molar-refractivity contribution is 5.95. The smallest absolute Gasteiger partial charge is 0.253 e. The SMILES string of the molecule is Cc1noc(CCNc2cc(C(=O)N(C)C)ccc2N)n1. The van der Waals surface area contributed by atoms with Crippen LogP contribution < -0.4 is 11.1 Å². The number of rotatable bonds is 5. The van der Waals surface area contributed by atoms with Gasteiger partial charge in [-0.3, -0.25) is 4.79 Å². The van der Waals surface area contributed by atoms with Gasteiger partial charge in [-0.15, -0.1) is 0 Å². The summed E-state index contributed by atoms with van der Waals surface area (Å²) in [5.74, 6) is 1.12. The highest BCUT2D eigenvalue weighted by atomic mass is 16.5. The van der Waals surface area contributed by atoms with Crippen LogP contribution in [0.1, 0.15) is 22.1 Å². The van der Waals surface area contributed by atoms with Crippen molar-refractivity contribution in [2.45, 2.75) is 13.3 Å². The number of carbonyl (C=O) groups is 1. The molecule has 1 aromatic carbocycles. The van der Waals surface area contributed by atoms with Crippen molar-refractivity contribution in [2.75, 3.05) is 31.7 Å². The van der Waals surface area contributed by atoms with Crippen LogP contribution in [0, 0.1) is 6.92 Å². The number of nitrogens with zero attached hydrogens (tertiary/aromatic N) is 3. The van der Waals surface area contributed by atoms with E-state index in [1.807, 2.05) is 0 Å². The fourth-order valence-electron chi connectivity index (χ4n) is 1.85. The summed E-state index contributed by atoms with van der Waals surface area (Å²) in [6.07, 6.45) is 0.589. The number of nitrogens with one attached hydrogen (secondary N) is 1. The summed E-state index contributed by atoms with van der Waals surface area (Å²) in [5.41, 5.74) is 7.81. The molecular formula is C14H19N5O2. The molecule has 0 aliphatic heterocycles. The Morgan fingerprint density at radius 3 is 2.81 bits per heavy atom. The van der Waals surface area contributed by atoms with Gasteiger partial charge >= 0.3 is 0 Å². The maximum absolute atomic E-state index is 11.9. The zero-order valence-corrected chi connectivity index (χ0v) is 12.4. The molecule has 1 heterocycles. The molecule has 7 nitrogen and oxygen atoms in total. The largest absolute Gasteiger partial charge is 0.397 e. The highest BCUT2D eigenvalue weighted by Gasteiger charge is 2.10. The molecule has 0 aliphatic carbocycles. The number of benzene rings is 1. The fourth-order valence-corrected chi connectivity index (χ4v) is 1.85. The third-order valence-electron chi connectivity index (χ3n) is 2.93. The summed E-state index contributed by atoms with van der Waals surface area (Å²) in [6, 6.07) is 5.18. The molecule has 0 atom stereocenters. The van der Waals surface area contributed by atoms with Crippen LogP contribution in [0.25, 0.3) is 0 Å². The first-order valence-corrected chi connectivity index (χ1v) is 6.61. The van der Waals surface area contributed by atoms with Crippen LogP contribution in [0.3, 0.4) is 0 Å². The summed E-state index contributed by atoms with van der Waals surface area (Å²) >= 11 is 0. The maximum atomic E-state index is 11.9. The molecule has 0 saturated heterocycles. The lowest BCUT2D eigenvalue weighted by Crippen LogP contribution is -2.22. The molecule has 0 unspecified atom stereocenters. The van der Waals surface area contributed by atoms with E-state index < -0.39 is 0 Å². The van der Waals surface area contributed by atoms with Gasteiger partial charge in [0, 0.05) is 32.6 Å². The van der Waals surface area contributed by atoms with E-state index >= 15 is 0 Å². The molecule has 1 amide bonds. The van der Waals surface area contributed by atoms with Gasteiger partial charge in [0.2, 0.25) is 5.89 Å². The predicted molar refractivity (Wildman–Crippen MR) is 80.1 cm³/mol. The van der Waals surface area contributed by atoms with Crippen LogP contribution in [0.2, 0.25) is 0 Å². The molecule has 0 spiro atoms. The Morgan fingerprint density at radius 1 is 1.43 bits per heavy atom. The van der Waals surface area contributed by atoms with Gasteiger partial charge in [-0.1, -0.05) is 5.16 Å². The summed E-state index contributed by atoms with van der Waals surface area (Å²) in [4.78, 5) is 17.6. The quantitative estimate of drug-likeness (QED) is 0.806. The van der Waals surface area contributed by atoms with Crippen LogP contribution in [-0.2, 0) is 6.42 Å². The van der Waals surface area contributed by atoms with Gasteiger partial charge < -0.3 is 20.5 Å². The van der Waals surface area contributed by atoms with Crippen LogP contribution in [0.4, 0.5) is 11.4 Å². The van der Waals surface area contributed by atoms with Crippen molar-refractivity contribution < 1.29 is 9.32 Å². The van der Waals surface area contributed by atoms with Gasteiger partial charge in [0.1, 0.15) is 0 Å². The predicted octanol–water partition coefficient (Wildman–Crippen LogP) is 1.32. The second kappa shape index (κ2) is 6.25. The number of carbonyl (C=O) groups excluding carboxylic acids is 1. The fraction of sp³-hybridized carbons (Fsp3) is 0.357. The molecule has 0 saturated carbocycles. The zero-order chi connectivity index (χ0) is 15.4. The molecule has 0 aliphatic rings. The van der Waals surface area contributed by atoms with Gasteiger partial charge in [0.25, 0.3) is 5.91 Å². The molecule has 2 rings (SSSR count). The minimum absolute atomic E-state index is 0.0643. The van der Waals surface area contributed by atoms with Crippen LogP contribution in [0.5, 0.6) is 0 Å². The molecule has 21 heavy (non-hydrogen) atoms. The van der Waals surface area contributed by atoms with Crippen LogP contribution in [0.15, 0.2) is 22.7 Å². The Morgan fingerprint density at radius 2 is 2.19 bits per heavy atom. The van der Waals surface area contributed by atoms with Crippen molar-refractivity contribution >= 4 is 17.3 Å². The van der Waals surface area contributed by atoms with Crippen molar-refractivity contribution in [2.24, 2.45) is 0 Å². The lowest BCUT2D eigenvalue weighted by molar-refractivity contribution is 0.0827. The Kier molecular flexibility index (Phi) is 4.42. The van der Waals surface area contributed by atoms with Crippen molar-refractivity contribution in [3.63, 3.8) is 0 Å². The summed E-state index contributed by atoms with van der Waals surface area (Å²) in [6.45, 7) is 2.36. The number of amides is 1. The number of nitrogens with two attached hydrogens (primary N) is 1. The lowest BCUT2D eigenvalue weighted by atomic mass is 10.1. The Labute approximate surface area is 123 Å². The molecular weight excluding hydrogens is 270 g/mol. The van der Waals surface area contributed by atoms with E-state index in [0.717, 1.165) is 5.69 Å². The Hall–Kier alpha value is -2.57. The maximum Gasteiger partial charge on any atom is 0.253 e. The van der Waals surface area contributed by atoms with E-state index in [1.165, 1.54) is 4.90 Å². The Balaban J connectivity index is 2.02. The monoisotopic (exact) mass is 289 g/mol. The molecule has 0 radical (unpaired) electrons. The zero-order valence-electron chi connectivity index (χ0n) is 12.4. The normalized spacial score (nSPS) is 10.4. The lowest BCUT2D eigenvalue weighted by Gasteiger charge is -2.13. The van der Waals surface area contributed by atoms with E-state index in [0.29, 0.717) is 35.9 Å². The average molecular weight is 289 g/mol. The molecule has 2 aromatic rings. The van der Waals surface area contributed by atoms with E-state index in [2.05, 4.69) is 15.5 Å². The second-order valence-electron chi connectivity index (χ2n) is 4.91. The van der Waals surface area contributed by atoms with Gasteiger partial charge in [0.05, 0.1) is 11.4 Å². The van der Waals surface area contributed by atoms with Gasteiger partial charge in [-0.25, -0.2) is 0 Å². The first-order valence-electron chi connectivity index (χ1n) is 6.61. The second-order valence-corrected chi connectivity index (χ2v) is 4.91. The van der Waals surface area contributed by atoms with E-state index in [4.69, 9.17) is 10.3 Å². The van der Waals surface area contributed by atoms with Crippen molar-refractivity contribution in [1.29, 1.82) is 0 Å². The molecule has 1 aromatic heterocycles. The standard InChI is InChI=1S/C14H19N5O2/c1-9-17-13(21-18-9)6-7-16-12-8-10(4-5-11(12)15)14(20)19(2)3/h4-5,8,16H,6-7,15H2,1-3H3. The molecule has 112 valence electrons. The topological polar surface area (TPSA) is 97.3 Å². The van der Waals surface area contributed by atoms with Crippen LogP contribution >= 0.6 is 0 Å². The number of nitrogen functional groups attached to an aromatic ring is 1. The first kappa shape index (κ1) is 14.8. The third-order valence-corrected chi connectivity index (χ3v) is 2.93. The summed E-state index contributed by atoms with van der Waals surface area (Å²) < 4.78 is 5.03. The molecule has 7 heteroatoms. The summed E-state index contributed by atoms with van der Waals surface area (Å²) in [7, 11) is 3.42. The average Bonchev–Trinajstić information content (AvgIpc) is 2.85. The van der Waals surface area contributed by atoms with E-state index in [9.17, 15) is 4.79 Å². The van der Waals surface area contributed by atoms with Crippen LogP contribution in [-0.4, -0.2) is 41.6 Å². The van der Waals surface area contributed by atoms with Crippen molar-refractivity contribution in [3.05, 3.63) is 35.5 Å². The first-order chi connectivity index (χ1) is 9.97. The molecule has 3 N–H and O–H groups in total. The van der Waals surface area contributed by atoms with Crippen molar-refractivity contribution in [1.82, 2.24) is 15.0 Å². The summed E-state index contributed by atoms with van der Waals surface area (Å²) in [5, 5.41) is 6.91. The minimum Gasteiger partial charge on any atom is -0.397 e. The van der Waals surface area contributed by atoms with Gasteiger partial charge in [0.15, 0.2) is 5.82 Å². The number of aromatic nitrogens is 2. The molecule has 0 fully saturated rings. The van der Waals surface area contributed by atoms with E-state index in [1.54, 1.807) is 39.2 Å². The van der Waals surface area contributed by atoms with Gasteiger partial charge in [-0.2, -0.15) is 4.98 Å². The third kappa shape index (κ3) is 3.71. The number of aryl methyl sites for hydroxylation is 1. The highest BCUT2D eigenvalue weighted by Crippen LogP contribution is 2.20. The number of hydrogen-bond donors (Lipinski definition) is 2. The number of hydrogen-bond acceptors (Lipinski definition) is 6. The number of anilines is 2.